The largest absolute Gasteiger partial charge is 0.478 e. The zero-order valence-electron chi connectivity index (χ0n) is 11.5. The van der Waals surface area contributed by atoms with E-state index < -0.39 is 16.8 Å². The zero-order valence-corrected chi connectivity index (χ0v) is 13.0. The number of rotatable bonds is 4. The maximum Gasteiger partial charge on any atom is 0.337 e. The van der Waals surface area contributed by atoms with Crippen molar-refractivity contribution >= 4 is 28.4 Å². The molecule has 1 aliphatic rings. The maximum atomic E-state index is 12.6. The molecule has 1 N–H and O–H groups in total. The molecule has 2 rings (SSSR count). The highest BCUT2D eigenvalue weighted by molar-refractivity contribution is 7.85. The van der Waals surface area contributed by atoms with Gasteiger partial charge in [0.15, 0.2) is 0 Å². The Morgan fingerprint density at radius 1 is 1.45 bits per heavy atom. The molecule has 1 aromatic carbocycles. The Morgan fingerprint density at radius 2 is 2.20 bits per heavy atom. The fraction of sp³-hybridized carbons (Fsp3) is 0.533. The second-order valence-corrected chi connectivity index (χ2v) is 7.45. The molecule has 110 valence electrons. The van der Waals surface area contributed by atoms with Crippen molar-refractivity contribution in [1.29, 1.82) is 0 Å². The second-order valence-electron chi connectivity index (χ2n) is 5.31. The van der Waals surface area contributed by atoms with Crippen molar-refractivity contribution in [2.75, 3.05) is 0 Å². The van der Waals surface area contributed by atoms with Crippen molar-refractivity contribution in [3.63, 3.8) is 0 Å². The minimum atomic E-state index is -1.15. The lowest BCUT2D eigenvalue weighted by Gasteiger charge is -2.27. The van der Waals surface area contributed by atoms with E-state index in [1.165, 1.54) is 18.6 Å². The van der Waals surface area contributed by atoms with Crippen molar-refractivity contribution < 1.29 is 14.1 Å². The van der Waals surface area contributed by atoms with Gasteiger partial charge in [-0.1, -0.05) is 37.8 Å². The van der Waals surface area contributed by atoms with Crippen molar-refractivity contribution in [1.82, 2.24) is 0 Å². The molecule has 0 spiro atoms. The summed E-state index contributed by atoms with van der Waals surface area (Å²) in [7, 11) is -1.15. The highest BCUT2D eigenvalue weighted by atomic mass is 35.5. The lowest BCUT2D eigenvalue weighted by atomic mass is 9.87. The standard InChI is InChI=1S/C15H19ClO3S/c1-2-10-4-3-5-11(8-10)20(19)12-6-7-14(16)13(9-12)15(17)18/h6-7,9-11H,2-5,8H2,1H3,(H,17,18). The van der Waals surface area contributed by atoms with Gasteiger partial charge in [0.25, 0.3) is 0 Å². The van der Waals surface area contributed by atoms with Gasteiger partial charge in [-0.3, -0.25) is 4.21 Å². The third-order valence-corrected chi connectivity index (χ3v) is 6.10. The Kier molecular flexibility index (Phi) is 5.22. The van der Waals surface area contributed by atoms with E-state index in [1.54, 1.807) is 6.07 Å². The van der Waals surface area contributed by atoms with Gasteiger partial charge in [-0.2, -0.15) is 0 Å². The molecule has 0 aromatic heterocycles. The van der Waals surface area contributed by atoms with Crippen LogP contribution < -0.4 is 0 Å². The molecule has 20 heavy (non-hydrogen) atoms. The van der Waals surface area contributed by atoms with Crippen LogP contribution >= 0.6 is 11.6 Å². The fourth-order valence-electron chi connectivity index (χ4n) is 2.79. The predicted octanol–water partition coefficient (Wildman–Crippen LogP) is 4.11. The van der Waals surface area contributed by atoms with Gasteiger partial charge in [-0.15, -0.1) is 0 Å². The first kappa shape index (κ1) is 15.5. The Bertz CT molecular complexity index is 530. The van der Waals surface area contributed by atoms with Crippen molar-refractivity contribution in [3.8, 4) is 0 Å². The number of carboxylic acid groups (broad SMARTS) is 1. The number of halogens is 1. The smallest absolute Gasteiger partial charge is 0.337 e. The molecule has 3 atom stereocenters. The Labute approximate surface area is 126 Å². The van der Waals surface area contributed by atoms with Crippen LogP contribution in [0.1, 0.15) is 49.4 Å². The van der Waals surface area contributed by atoms with Crippen molar-refractivity contribution in [2.24, 2.45) is 5.92 Å². The van der Waals surface area contributed by atoms with E-state index in [-0.39, 0.29) is 15.8 Å². The van der Waals surface area contributed by atoms with E-state index in [2.05, 4.69) is 6.92 Å². The lowest BCUT2D eigenvalue weighted by molar-refractivity contribution is 0.0697. The summed E-state index contributed by atoms with van der Waals surface area (Å²) in [6.45, 7) is 2.17. The third kappa shape index (κ3) is 3.41. The lowest BCUT2D eigenvalue weighted by Crippen LogP contribution is -2.24. The van der Waals surface area contributed by atoms with E-state index in [9.17, 15) is 9.00 Å². The molecule has 3 nitrogen and oxygen atoms in total. The topological polar surface area (TPSA) is 54.4 Å². The summed E-state index contributed by atoms with van der Waals surface area (Å²) in [5.74, 6) is -0.437. The quantitative estimate of drug-likeness (QED) is 0.909. The minimum Gasteiger partial charge on any atom is -0.478 e. The van der Waals surface area contributed by atoms with Crippen LogP contribution in [-0.2, 0) is 10.8 Å². The molecule has 0 heterocycles. The van der Waals surface area contributed by atoms with E-state index in [4.69, 9.17) is 16.7 Å². The molecule has 0 saturated heterocycles. The van der Waals surface area contributed by atoms with Crippen LogP contribution in [0, 0.1) is 5.92 Å². The first-order valence-corrected chi connectivity index (χ1v) is 8.55. The average molecular weight is 315 g/mol. The average Bonchev–Trinajstić information content (AvgIpc) is 2.46. The van der Waals surface area contributed by atoms with Gasteiger partial charge in [0, 0.05) is 10.1 Å². The fourth-order valence-corrected chi connectivity index (χ4v) is 4.64. The normalized spacial score (nSPS) is 24.3. The zero-order chi connectivity index (χ0) is 14.7. The number of aromatic carboxylic acids is 1. The number of carboxylic acids is 1. The Hall–Kier alpha value is -0.870. The van der Waals surface area contributed by atoms with Crippen LogP contribution in [0.2, 0.25) is 5.02 Å². The van der Waals surface area contributed by atoms with E-state index in [0.717, 1.165) is 25.7 Å². The number of hydrogen-bond donors (Lipinski definition) is 1. The van der Waals surface area contributed by atoms with Crippen molar-refractivity contribution in [2.45, 2.75) is 49.2 Å². The molecule has 0 bridgehead atoms. The summed E-state index contributed by atoms with van der Waals surface area (Å²) in [5.41, 5.74) is 0.0281. The van der Waals surface area contributed by atoms with Gasteiger partial charge in [-0.05, 0) is 37.0 Å². The van der Waals surface area contributed by atoms with E-state index in [0.29, 0.717) is 10.8 Å². The SMILES string of the molecule is CCC1CCCC(S(=O)c2ccc(Cl)c(C(=O)O)c2)C1. The second kappa shape index (κ2) is 6.72. The number of hydrogen-bond acceptors (Lipinski definition) is 2. The summed E-state index contributed by atoms with van der Waals surface area (Å²) < 4.78 is 12.6. The molecule has 1 aliphatic carbocycles. The molecule has 0 radical (unpaired) electrons. The molecular formula is C15H19ClO3S. The first-order chi connectivity index (χ1) is 9.52. The number of carbonyl (C=O) groups is 1. The monoisotopic (exact) mass is 314 g/mol. The van der Waals surface area contributed by atoms with Crippen LogP contribution in [0.15, 0.2) is 23.1 Å². The molecule has 1 fully saturated rings. The summed E-state index contributed by atoms with van der Waals surface area (Å²) in [6, 6.07) is 4.66. The molecular weight excluding hydrogens is 296 g/mol. The van der Waals surface area contributed by atoms with Gasteiger partial charge >= 0.3 is 5.97 Å². The summed E-state index contributed by atoms with van der Waals surface area (Å²) in [4.78, 5) is 11.7. The van der Waals surface area contributed by atoms with E-state index >= 15 is 0 Å². The molecule has 0 amide bonds. The summed E-state index contributed by atoms with van der Waals surface area (Å²) >= 11 is 5.85. The first-order valence-electron chi connectivity index (χ1n) is 6.96. The molecule has 3 unspecified atom stereocenters. The van der Waals surface area contributed by atoms with E-state index in [1.807, 2.05) is 0 Å². The van der Waals surface area contributed by atoms with Crippen LogP contribution in [0.5, 0.6) is 0 Å². The molecule has 1 saturated carbocycles. The van der Waals surface area contributed by atoms with Crippen LogP contribution in [0.4, 0.5) is 0 Å². The van der Waals surface area contributed by atoms with Gasteiger partial charge in [0.2, 0.25) is 0 Å². The predicted molar refractivity (Wildman–Crippen MR) is 80.9 cm³/mol. The van der Waals surface area contributed by atoms with Crippen molar-refractivity contribution in [3.05, 3.63) is 28.8 Å². The van der Waals surface area contributed by atoms with Gasteiger partial charge in [0.05, 0.1) is 21.4 Å². The van der Waals surface area contributed by atoms with Gasteiger partial charge < -0.3 is 5.11 Å². The Morgan fingerprint density at radius 3 is 2.85 bits per heavy atom. The van der Waals surface area contributed by atoms with Gasteiger partial charge in [-0.25, -0.2) is 4.79 Å². The van der Waals surface area contributed by atoms with Gasteiger partial charge in [0.1, 0.15) is 0 Å². The number of benzene rings is 1. The summed E-state index contributed by atoms with van der Waals surface area (Å²) in [6.07, 6.45) is 5.36. The summed E-state index contributed by atoms with van der Waals surface area (Å²) in [5, 5.41) is 9.40. The highest BCUT2D eigenvalue weighted by Crippen LogP contribution is 2.32. The molecule has 1 aromatic rings. The van der Waals surface area contributed by atoms with Crippen LogP contribution in [0.3, 0.4) is 0 Å². The highest BCUT2D eigenvalue weighted by Gasteiger charge is 2.26. The minimum absolute atomic E-state index is 0.0281. The molecule has 0 aliphatic heterocycles. The third-order valence-electron chi connectivity index (χ3n) is 4.02. The molecule has 5 heteroatoms. The Balaban J connectivity index is 2.20. The maximum absolute atomic E-state index is 12.6. The van der Waals surface area contributed by atoms with Crippen LogP contribution in [0.25, 0.3) is 0 Å². The van der Waals surface area contributed by atoms with Crippen LogP contribution in [-0.4, -0.2) is 20.5 Å².